The standard InChI is InChI=1S/C15H30N2O2/c1-5-16-8-13-6-7-14(18-13)10-17-9-12(2)19-15(3,4)11-17/h12-14,16H,5-11H2,1-4H3. The Hall–Kier alpha value is -0.160. The van der Waals surface area contributed by atoms with Crippen LogP contribution in [0.4, 0.5) is 0 Å². The third-order valence-electron chi connectivity index (χ3n) is 3.92. The first-order valence-corrected chi connectivity index (χ1v) is 7.75. The number of rotatable bonds is 5. The Morgan fingerprint density at radius 1 is 1.26 bits per heavy atom. The molecule has 112 valence electrons. The highest BCUT2D eigenvalue weighted by molar-refractivity contribution is 4.85. The second-order valence-corrected chi connectivity index (χ2v) is 6.65. The van der Waals surface area contributed by atoms with Gasteiger partial charge < -0.3 is 14.8 Å². The Morgan fingerprint density at radius 3 is 2.68 bits per heavy atom. The van der Waals surface area contributed by atoms with E-state index in [0.717, 1.165) is 32.7 Å². The Balaban J connectivity index is 1.75. The van der Waals surface area contributed by atoms with Crippen LogP contribution in [0.25, 0.3) is 0 Å². The fourth-order valence-corrected chi connectivity index (χ4v) is 3.38. The smallest absolute Gasteiger partial charge is 0.0757 e. The summed E-state index contributed by atoms with van der Waals surface area (Å²) in [7, 11) is 0. The van der Waals surface area contributed by atoms with Crippen molar-refractivity contribution in [1.82, 2.24) is 10.2 Å². The normalized spacial score (nSPS) is 35.7. The number of morpholine rings is 1. The van der Waals surface area contributed by atoms with Gasteiger partial charge in [-0.3, -0.25) is 4.90 Å². The lowest BCUT2D eigenvalue weighted by Gasteiger charge is -2.42. The maximum absolute atomic E-state index is 6.12. The van der Waals surface area contributed by atoms with Gasteiger partial charge in [-0.15, -0.1) is 0 Å². The molecule has 2 rings (SSSR count). The van der Waals surface area contributed by atoms with Crippen LogP contribution in [0.2, 0.25) is 0 Å². The van der Waals surface area contributed by atoms with Crippen LogP contribution in [0.5, 0.6) is 0 Å². The van der Waals surface area contributed by atoms with Crippen molar-refractivity contribution in [1.29, 1.82) is 0 Å². The summed E-state index contributed by atoms with van der Waals surface area (Å²) in [6.07, 6.45) is 3.53. The molecule has 0 saturated carbocycles. The number of nitrogens with one attached hydrogen (secondary N) is 1. The van der Waals surface area contributed by atoms with Gasteiger partial charge in [0.15, 0.2) is 0 Å². The van der Waals surface area contributed by atoms with Crippen LogP contribution in [-0.4, -0.2) is 61.5 Å². The molecular weight excluding hydrogens is 240 g/mol. The monoisotopic (exact) mass is 270 g/mol. The van der Waals surface area contributed by atoms with Crippen LogP contribution in [0.3, 0.4) is 0 Å². The predicted molar refractivity (Wildman–Crippen MR) is 77.5 cm³/mol. The molecule has 0 aromatic carbocycles. The van der Waals surface area contributed by atoms with Crippen molar-refractivity contribution < 1.29 is 9.47 Å². The summed E-state index contributed by atoms with van der Waals surface area (Å²) in [5.74, 6) is 0. The molecule has 0 aromatic rings. The van der Waals surface area contributed by atoms with Gasteiger partial charge in [0, 0.05) is 26.2 Å². The van der Waals surface area contributed by atoms with Crippen LogP contribution in [0.1, 0.15) is 40.5 Å². The van der Waals surface area contributed by atoms with E-state index in [4.69, 9.17) is 9.47 Å². The topological polar surface area (TPSA) is 33.7 Å². The molecule has 4 heteroatoms. The van der Waals surface area contributed by atoms with Gasteiger partial charge in [0.05, 0.1) is 23.9 Å². The van der Waals surface area contributed by atoms with E-state index in [2.05, 4.69) is 37.9 Å². The number of likely N-dealkylation sites (N-methyl/N-ethyl adjacent to an activating group) is 1. The Labute approximate surface area is 117 Å². The molecule has 4 nitrogen and oxygen atoms in total. The number of hydrogen-bond donors (Lipinski definition) is 1. The largest absolute Gasteiger partial charge is 0.372 e. The lowest BCUT2D eigenvalue weighted by molar-refractivity contribution is -0.135. The first kappa shape index (κ1) is 15.2. The van der Waals surface area contributed by atoms with Gasteiger partial charge >= 0.3 is 0 Å². The van der Waals surface area contributed by atoms with Gasteiger partial charge in [-0.25, -0.2) is 0 Å². The van der Waals surface area contributed by atoms with Gasteiger partial charge in [-0.2, -0.15) is 0 Å². The molecule has 2 heterocycles. The molecular formula is C15H30N2O2. The maximum atomic E-state index is 6.12. The summed E-state index contributed by atoms with van der Waals surface area (Å²) in [5.41, 5.74) is -0.0283. The van der Waals surface area contributed by atoms with E-state index in [9.17, 15) is 0 Å². The van der Waals surface area contributed by atoms with E-state index >= 15 is 0 Å². The van der Waals surface area contributed by atoms with E-state index in [-0.39, 0.29) is 5.60 Å². The van der Waals surface area contributed by atoms with Gasteiger partial charge in [0.25, 0.3) is 0 Å². The lowest BCUT2D eigenvalue weighted by atomic mass is 10.0. The van der Waals surface area contributed by atoms with Crippen LogP contribution < -0.4 is 5.32 Å². The summed E-state index contributed by atoms with van der Waals surface area (Å²) in [5, 5.41) is 3.38. The highest BCUT2D eigenvalue weighted by Gasteiger charge is 2.34. The highest BCUT2D eigenvalue weighted by Crippen LogP contribution is 2.24. The van der Waals surface area contributed by atoms with Crippen molar-refractivity contribution in [2.45, 2.75) is 64.4 Å². The van der Waals surface area contributed by atoms with Crippen molar-refractivity contribution in [2.24, 2.45) is 0 Å². The third kappa shape index (κ3) is 4.71. The second kappa shape index (κ2) is 6.53. The molecule has 1 N–H and O–H groups in total. The maximum Gasteiger partial charge on any atom is 0.0757 e. The number of nitrogens with zero attached hydrogens (tertiary/aromatic N) is 1. The SMILES string of the molecule is CCNCC1CCC(CN2CC(C)OC(C)(C)C2)O1. The van der Waals surface area contributed by atoms with E-state index < -0.39 is 0 Å². The molecule has 0 aliphatic carbocycles. The van der Waals surface area contributed by atoms with Gasteiger partial charge in [-0.1, -0.05) is 6.92 Å². The Morgan fingerprint density at radius 2 is 2.00 bits per heavy atom. The zero-order chi connectivity index (χ0) is 13.9. The van der Waals surface area contributed by atoms with Gasteiger partial charge in [-0.05, 0) is 40.2 Å². The molecule has 3 atom stereocenters. The van der Waals surface area contributed by atoms with E-state index in [1.807, 2.05) is 0 Å². The van der Waals surface area contributed by atoms with Gasteiger partial charge in [0.2, 0.25) is 0 Å². The summed E-state index contributed by atoms with van der Waals surface area (Å²) in [6, 6.07) is 0. The summed E-state index contributed by atoms with van der Waals surface area (Å²) >= 11 is 0. The van der Waals surface area contributed by atoms with Crippen molar-refractivity contribution in [3.8, 4) is 0 Å². The van der Waals surface area contributed by atoms with Crippen molar-refractivity contribution >= 4 is 0 Å². The molecule has 2 aliphatic heterocycles. The molecule has 0 bridgehead atoms. The summed E-state index contributed by atoms with van der Waals surface area (Å²) in [6.45, 7) is 13.8. The molecule has 2 fully saturated rings. The minimum atomic E-state index is -0.0283. The van der Waals surface area contributed by atoms with Crippen LogP contribution in [-0.2, 0) is 9.47 Å². The van der Waals surface area contributed by atoms with Crippen LogP contribution in [0.15, 0.2) is 0 Å². The third-order valence-corrected chi connectivity index (χ3v) is 3.92. The first-order valence-electron chi connectivity index (χ1n) is 7.75. The molecule has 2 saturated heterocycles. The van der Waals surface area contributed by atoms with Gasteiger partial charge in [0.1, 0.15) is 0 Å². The van der Waals surface area contributed by atoms with Crippen LogP contribution >= 0.6 is 0 Å². The fourth-order valence-electron chi connectivity index (χ4n) is 3.38. The van der Waals surface area contributed by atoms with Crippen molar-refractivity contribution in [3.63, 3.8) is 0 Å². The molecule has 0 aromatic heterocycles. The molecule has 2 aliphatic rings. The average molecular weight is 270 g/mol. The number of ether oxygens (including phenoxy) is 2. The predicted octanol–water partition coefficient (Wildman–Crippen LogP) is 1.64. The lowest BCUT2D eigenvalue weighted by Crippen LogP contribution is -2.53. The fraction of sp³-hybridized carbons (Fsp3) is 1.00. The van der Waals surface area contributed by atoms with Crippen LogP contribution in [0, 0.1) is 0 Å². The average Bonchev–Trinajstić information content (AvgIpc) is 2.71. The van der Waals surface area contributed by atoms with E-state index in [1.54, 1.807) is 0 Å². The molecule has 0 amide bonds. The molecule has 0 radical (unpaired) electrons. The molecule has 19 heavy (non-hydrogen) atoms. The van der Waals surface area contributed by atoms with Crippen molar-refractivity contribution in [3.05, 3.63) is 0 Å². The summed E-state index contributed by atoms with van der Waals surface area (Å²) in [4.78, 5) is 2.51. The van der Waals surface area contributed by atoms with Crippen molar-refractivity contribution in [2.75, 3.05) is 32.7 Å². The number of hydrogen-bond acceptors (Lipinski definition) is 4. The first-order chi connectivity index (χ1) is 8.98. The zero-order valence-corrected chi connectivity index (χ0v) is 12.9. The van der Waals surface area contributed by atoms with E-state index in [0.29, 0.717) is 18.3 Å². The Bertz CT molecular complexity index is 283. The molecule has 3 unspecified atom stereocenters. The quantitative estimate of drug-likeness (QED) is 0.823. The Kier molecular flexibility index (Phi) is 5.23. The second-order valence-electron chi connectivity index (χ2n) is 6.65. The highest BCUT2D eigenvalue weighted by atomic mass is 16.5. The molecule has 0 spiro atoms. The summed E-state index contributed by atoms with van der Waals surface area (Å²) < 4.78 is 12.1. The minimum absolute atomic E-state index is 0.0283. The minimum Gasteiger partial charge on any atom is -0.372 e. The zero-order valence-electron chi connectivity index (χ0n) is 12.9. The van der Waals surface area contributed by atoms with E-state index in [1.165, 1.54) is 12.8 Å².